The van der Waals surface area contributed by atoms with Crippen LogP contribution < -0.4 is 5.73 Å². The van der Waals surface area contributed by atoms with Crippen LogP contribution in [-0.2, 0) is 6.42 Å². The predicted octanol–water partition coefficient (Wildman–Crippen LogP) is 1.67. The van der Waals surface area contributed by atoms with Crippen LogP contribution >= 0.6 is 11.3 Å². The van der Waals surface area contributed by atoms with Crippen molar-refractivity contribution in [1.82, 2.24) is 19.4 Å². The molecule has 6 heteroatoms. The fourth-order valence-electron chi connectivity index (χ4n) is 1.72. The highest BCUT2D eigenvalue weighted by Gasteiger charge is 2.04. The summed E-state index contributed by atoms with van der Waals surface area (Å²) < 4.78 is 1.79. The molecule has 0 saturated heterocycles. The van der Waals surface area contributed by atoms with Gasteiger partial charge in [0.25, 0.3) is 0 Å². The fraction of sp³-hybridized carbons (Fsp3) is 0.182. The SMILES string of the molecule is Cc1nc(Cc2cnc3ncc(N)n3c2)cs1. The van der Waals surface area contributed by atoms with Gasteiger partial charge >= 0.3 is 0 Å². The Morgan fingerprint density at radius 2 is 2.18 bits per heavy atom. The molecule has 0 aliphatic carbocycles. The number of anilines is 1. The molecular weight excluding hydrogens is 234 g/mol. The molecule has 0 radical (unpaired) electrons. The third-order valence-corrected chi connectivity index (χ3v) is 3.32. The smallest absolute Gasteiger partial charge is 0.235 e. The van der Waals surface area contributed by atoms with Crippen molar-refractivity contribution < 1.29 is 0 Å². The molecule has 3 rings (SSSR count). The second-order valence-corrected chi connectivity index (χ2v) is 4.91. The highest BCUT2D eigenvalue weighted by atomic mass is 32.1. The molecule has 2 N–H and O–H groups in total. The minimum absolute atomic E-state index is 0.601. The van der Waals surface area contributed by atoms with Crippen LogP contribution in [0.5, 0.6) is 0 Å². The normalized spacial score (nSPS) is 11.1. The van der Waals surface area contributed by atoms with E-state index in [1.807, 2.05) is 19.3 Å². The molecule has 0 aliphatic heterocycles. The molecule has 0 unspecified atom stereocenters. The zero-order valence-corrected chi connectivity index (χ0v) is 10.1. The number of hydrogen-bond acceptors (Lipinski definition) is 5. The molecule has 0 amide bonds. The van der Waals surface area contributed by atoms with Crippen LogP contribution in [0.4, 0.5) is 5.82 Å². The molecule has 0 atom stereocenters. The molecule has 3 aromatic rings. The standard InChI is InChI=1S/C11H11N5S/c1-7-15-9(6-17-7)2-8-3-13-11-14-4-10(12)16(11)5-8/h3-6H,2,12H2,1H3. The quantitative estimate of drug-likeness (QED) is 0.745. The third-order valence-electron chi connectivity index (χ3n) is 2.50. The molecule has 17 heavy (non-hydrogen) atoms. The maximum absolute atomic E-state index is 5.79. The Bertz CT molecular complexity index is 669. The van der Waals surface area contributed by atoms with Gasteiger partial charge in [-0.1, -0.05) is 0 Å². The zero-order chi connectivity index (χ0) is 11.8. The summed E-state index contributed by atoms with van der Waals surface area (Å²) in [6.07, 6.45) is 6.15. The molecule has 0 spiro atoms. The molecular formula is C11H11N5S. The number of aromatic nitrogens is 4. The van der Waals surface area contributed by atoms with Gasteiger partial charge < -0.3 is 5.73 Å². The van der Waals surface area contributed by atoms with Gasteiger partial charge in [0, 0.05) is 24.2 Å². The summed E-state index contributed by atoms with van der Waals surface area (Å²) in [6.45, 7) is 2.00. The summed E-state index contributed by atoms with van der Waals surface area (Å²) in [5.41, 5.74) is 7.93. The van der Waals surface area contributed by atoms with E-state index in [4.69, 9.17) is 5.73 Å². The van der Waals surface area contributed by atoms with E-state index in [9.17, 15) is 0 Å². The number of nitrogen functional groups attached to an aromatic ring is 1. The monoisotopic (exact) mass is 245 g/mol. The topological polar surface area (TPSA) is 69.1 Å². The average Bonchev–Trinajstić information content (AvgIpc) is 2.87. The van der Waals surface area contributed by atoms with Crippen LogP contribution in [0.3, 0.4) is 0 Å². The van der Waals surface area contributed by atoms with Gasteiger partial charge in [-0.25, -0.2) is 15.0 Å². The molecule has 0 aliphatic rings. The number of nitrogens with zero attached hydrogens (tertiary/aromatic N) is 4. The maximum Gasteiger partial charge on any atom is 0.235 e. The van der Waals surface area contributed by atoms with Gasteiger partial charge in [-0.15, -0.1) is 11.3 Å². The summed E-state index contributed by atoms with van der Waals surface area (Å²) in [7, 11) is 0. The Morgan fingerprint density at radius 1 is 1.35 bits per heavy atom. The van der Waals surface area contributed by atoms with Crippen molar-refractivity contribution in [3.05, 3.63) is 40.2 Å². The molecule has 3 aromatic heterocycles. The van der Waals surface area contributed by atoms with Crippen LogP contribution in [-0.4, -0.2) is 19.4 Å². The van der Waals surface area contributed by atoms with E-state index in [2.05, 4.69) is 20.3 Å². The minimum atomic E-state index is 0.601. The Labute approximate surface area is 102 Å². The lowest BCUT2D eigenvalue weighted by Gasteiger charge is -2.00. The number of nitrogens with two attached hydrogens (primary N) is 1. The number of aryl methyl sites for hydroxylation is 1. The molecule has 0 fully saturated rings. The number of imidazole rings is 1. The zero-order valence-electron chi connectivity index (χ0n) is 9.29. The van der Waals surface area contributed by atoms with Gasteiger partial charge in [-0.05, 0) is 12.5 Å². The summed E-state index contributed by atoms with van der Waals surface area (Å²) in [6, 6.07) is 0. The van der Waals surface area contributed by atoms with Crippen LogP contribution in [0.15, 0.2) is 24.0 Å². The molecule has 0 saturated carbocycles. The first-order valence-corrected chi connectivity index (χ1v) is 6.09. The fourth-order valence-corrected chi connectivity index (χ4v) is 2.33. The van der Waals surface area contributed by atoms with Crippen LogP contribution in [0.2, 0.25) is 0 Å². The van der Waals surface area contributed by atoms with Gasteiger partial charge in [0.15, 0.2) is 0 Å². The molecule has 3 heterocycles. The maximum atomic E-state index is 5.79. The van der Waals surface area contributed by atoms with E-state index < -0.39 is 0 Å². The van der Waals surface area contributed by atoms with Crippen molar-refractivity contribution in [2.75, 3.05) is 5.73 Å². The Balaban J connectivity index is 1.97. The second kappa shape index (κ2) is 3.81. The Kier molecular flexibility index (Phi) is 2.29. The van der Waals surface area contributed by atoms with Crippen LogP contribution in [0.25, 0.3) is 5.78 Å². The third kappa shape index (κ3) is 1.87. The lowest BCUT2D eigenvalue weighted by Crippen LogP contribution is -1.98. The van der Waals surface area contributed by atoms with E-state index in [0.29, 0.717) is 11.6 Å². The first kappa shape index (κ1) is 10.2. The van der Waals surface area contributed by atoms with Gasteiger partial charge in [-0.2, -0.15) is 0 Å². The summed E-state index contributed by atoms with van der Waals surface area (Å²) >= 11 is 1.66. The van der Waals surface area contributed by atoms with E-state index in [-0.39, 0.29) is 0 Å². The molecule has 86 valence electrons. The van der Waals surface area contributed by atoms with Gasteiger partial charge in [0.2, 0.25) is 5.78 Å². The predicted molar refractivity (Wildman–Crippen MR) is 67.1 cm³/mol. The highest BCUT2D eigenvalue weighted by Crippen LogP contribution is 2.14. The molecule has 5 nitrogen and oxygen atoms in total. The van der Waals surface area contributed by atoms with E-state index in [1.54, 1.807) is 21.9 Å². The number of hydrogen-bond donors (Lipinski definition) is 1. The largest absolute Gasteiger partial charge is 0.383 e. The first-order valence-electron chi connectivity index (χ1n) is 5.21. The minimum Gasteiger partial charge on any atom is -0.383 e. The van der Waals surface area contributed by atoms with E-state index >= 15 is 0 Å². The highest BCUT2D eigenvalue weighted by molar-refractivity contribution is 7.09. The average molecular weight is 245 g/mol. The van der Waals surface area contributed by atoms with Crippen LogP contribution in [0, 0.1) is 6.92 Å². The molecule has 0 bridgehead atoms. The lowest BCUT2D eigenvalue weighted by atomic mass is 10.2. The van der Waals surface area contributed by atoms with E-state index in [0.717, 1.165) is 22.7 Å². The van der Waals surface area contributed by atoms with Crippen molar-refractivity contribution in [2.24, 2.45) is 0 Å². The second-order valence-electron chi connectivity index (χ2n) is 3.85. The summed E-state index contributed by atoms with van der Waals surface area (Å²) in [4.78, 5) is 12.8. The van der Waals surface area contributed by atoms with Crippen LogP contribution in [0.1, 0.15) is 16.3 Å². The van der Waals surface area contributed by atoms with Crippen molar-refractivity contribution in [1.29, 1.82) is 0 Å². The van der Waals surface area contributed by atoms with E-state index in [1.165, 1.54) is 0 Å². The first-order chi connectivity index (χ1) is 8.22. The summed E-state index contributed by atoms with van der Waals surface area (Å²) in [5.74, 6) is 1.23. The van der Waals surface area contributed by atoms with Crippen molar-refractivity contribution in [2.45, 2.75) is 13.3 Å². The van der Waals surface area contributed by atoms with Gasteiger partial charge in [0.05, 0.1) is 16.9 Å². The number of thiazole rings is 1. The Hall–Kier alpha value is -1.95. The van der Waals surface area contributed by atoms with Crippen molar-refractivity contribution in [3.63, 3.8) is 0 Å². The number of fused-ring (bicyclic) bond motifs is 1. The van der Waals surface area contributed by atoms with Crippen molar-refractivity contribution >= 4 is 22.9 Å². The lowest BCUT2D eigenvalue weighted by molar-refractivity contribution is 1.01. The van der Waals surface area contributed by atoms with Crippen molar-refractivity contribution in [3.8, 4) is 0 Å². The number of rotatable bonds is 2. The van der Waals surface area contributed by atoms with Gasteiger partial charge in [0.1, 0.15) is 5.82 Å². The Morgan fingerprint density at radius 3 is 2.94 bits per heavy atom. The summed E-state index contributed by atoms with van der Waals surface area (Å²) in [5, 5.41) is 3.15. The molecule has 0 aromatic carbocycles. The van der Waals surface area contributed by atoms with Gasteiger partial charge in [-0.3, -0.25) is 4.40 Å².